The highest BCUT2D eigenvalue weighted by Gasteiger charge is 2.26. The van der Waals surface area contributed by atoms with E-state index in [0.717, 1.165) is 16.7 Å². The Hall–Kier alpha value is -4.39. The standard InChI is InChI=1S/C25H18FN5O/c26-18-12-10-16(11-13-18)21-14-28-22(15-27-21)30-24-25(32)29-20-9-5-4-8-19(20)23(31-24)17-6-2-1-3-7-17/h1-15,24H,(H,28,30)(H,29,32). The van der Waals surface area contributed by atoms with Crippen LogP contribution in [0, 0.1) is 5.82 Å². The molecule has 3 aromatic carbocycles. The molecule has 0 bridgehead atoms. The van der Waals surface area contributed by atoms with Crippen molar-refractivity contribution in [1.82, 2.24) is 9.97 Å². The molecule has 1 aliphatic heterocycles. The van der Waals surface area contributed by atoms with E-state index in [1.165, 1.54) is 18.3 Å². The van der Waals surface area contributed by atoms with E-state index < -0.39 is 6.17 Å². The fourth-order valence-electron chi connectivity index (χ4n) is 3.49. The number of hydrogen-bond donors (Lipinski definition) is 2. The number of carbonyl (C=O) groups excluding carboxylic acids is 1. The Bertz CT molecular complexity index is 1290. The van der Waals surface area contributed by atoms with Crippen LogP contribution >= 0.6 is 0 Å². The molecule has 2 N–H and O–H groups in total. The summed E-state index contributed by atoms with van der Waals surface area (Å²) in [6.45, 7) is 0. The minimum atomic E-state index is -0.899. The van der Waals surface area contributed by atoms with Crippen LogP contribution in [-0.4, -0.2) is 27.8 Å². The van der Waals surface area contributed by atoms with E-state index in [0.29, 0.717) is 22.9 Å². The van der Waals surface area contributed by atoms with Crippen LogP contribution in [0.25, 0.3) is 11.3 Å². The van der Waals surface area contributed by atoms with E-state index in [9.17, 15) is 9.18 Å². The maximum absolute atomic E-state index is 13.2. The van der Waals surface area contributed by atoms with Gasteiger partial charge in [0.1, 0.15) is 11.6 Å². The summed E-state index contributed by atoms with van der Waals surface area (Å²) in [5.41, 5.74) is 4.49. The van der Waals surface area contributed by atoms with Crippen LogP contribution in [0.3, 0.4) is 0 Å². The second-order valence-corrected chi connectivity index (χ2v) is 7.22. The molecule has 1 unspecified atom stereocenters. The summed E-state index contributed by atoms with van der Waals surface area (Å²) in [6.07, 6.45) is 2.20. The van der Waals surface area contributed by atoms with Gasteiger partial charge in [-0.05, 0) is 30.3 Å². The molecule has 0 spiro atoms. The van der Waals surface area contributed by atoms with E-state index >= 15 is 0 Å². The average molecular weight is 423 g/mol. The molecule has 1 atom stereocenters. The number of nitrogens with one attached hydrogen (secondary N) is 2. The molecule has 5 rings (SSSR count). The normalized spacial score (nSPS) is 15.2. The topological polar surface area (TPSA) is 79.3 Å². The largest absolute Gasteiger partial charge is 0.339 e. The SMILES string of the molecule is O=C1Nc2ccccc2C(c2ccccc2)=NC1Nc1cnc(-c2ccc(F)cc2)cn1. The van der Waals surface area contributed by atoms with Gasteiger partial charge in [-0.15, -0.1) is 0 Å². The quantitative estimate of drug-likeness (QED) is 0.506. The van der Waals surface area contributed by atoms with Gasteiger partial charge >= 0.3 is 0 Å². The number of carbonyl (C=O) groups is 1. The Morgan fingerprint density at radius 2 is 1.56 bits per heavy atom. The number of benzodiazepines with no additional fused rings is 1. The van der Waals surface area contributed by atoms with Crippen LogP contribution in [0.15, 0.2) is 96.2 Å². The third-order valence-electron chi connectivity index (χ3n) is 5.07. The van der Waals surface area contributed by atoms with Crippen molar-refractivity contribution in [3.8, 4) is 11.3 Å². The molecule has 0 fully saturated rings. The first-order valence-electron chi connectivity index (χ1n) is 10.1. The van der Waals surface area contributed by atoms with Gasteiger partial charge < -0.3 is 10.6 Å². The zero-order chi connectivity index (χ0) is 21.9. The Balaban J connectivity index is 1.46. The monoisotopic (exact) mass is 423 g/mol. The fourth-order valence-corrected chi connectivity index (χ4v) is 3.49. The van der Waals surface area contributed by atoms with Gasteiger partial charge in [-0.1, -0.05) is 48.5 Å². The zero-order valence-corrected chi connectivity index (χ0v) is 16.9. The van der Waals surface area contributed by atoms with Crippen molar-refractivity contribution in [2.45, 2.75) is 6.17 Å². The second-order valence-electron chi connectivity index (χ2n) is 7.22. The number of amides is 1. The summed E-state index contributed by atoms with van der Waals surface area (Å²) in [6, 6.07) is 23.3. The number of para-hydroxylation sites is 1. The summed E-state index contributed by atoms with van der Waals surface area (Å²) in [5, 5.41) is 6.00. The number of halogens is 1. The molecular formula is C25H18FN5O. The van der Waals surface area contributed by atoms with Crippen LogP contribution in [-0.2, 0) is 4.79 Å². The van der Waals surface area contributed by atoms with Gasteiger partial charge in [0.25, 0.3) is 5.91 Å². The molecule has 7 heteroatoms. The van der Waals surface area contributed by atoms with Crippen molar-refractivity contribution in [3.05, 3.63) is 108 Å². The summed E-state index contributed by atoms with van der Waals surface area (Å²) in [5.74, 6) is -0.210. The minimum Gasteiger partial charge on any atom is -0.339 e. The molecule has 0 aliphatic carbocycles. The highest BCUT2D eigenvalue weighted by molar-refractivity contribution is 6.19. The van der Waals surface area contributed by atoms with Crippen LogP contribution < -0.4 is 10.6 Å². The first-order valence-corrected chi connectivity index (χ1v) is 10.1. The van der Waals surface area contributed by atoms with Crippen LogP contribution in [0.2, 0.25) is 0 Å². The number of rotatable bonds is 4. The van der Waals surface area contributed by atoms with Crippen molar-refractivity contribution < 1.29 is 9.18 Å². The Morgan fingerprint density at radius 1 is 0.812 bits per heavy atom. The van der Waals surface area contributed by atoms with E-state index in [1.807, 2.05) is 54.6 Å². The van der Waals surface area contributed by atoms with Crippen molar-refractivity contribution in [2.24, 2.45) is 4.99 Å². The van der Waals surface area contributed by atoms with E-state index in [-0.39, 0.29) is 11.7 Å². The van der Waals surface area contributed by atoms with Gasteiger partial charge in [-0.3, -0.25) is 9.78 Å². The molecule has 156 valence electrons. The molecule has 4 aromatic rings. The molecule has 0 saturated heterocycles. The van der Waals surface area contributed by atoms with Crippen molar-refractivity contribution in [1.29, 1.82) is 0 Å². The van der Waals surface area contributed by atoms with Crippen molar-refractivity contribution >= 4 is 23.1 Å². The molecule has 6 nitrogen and oxygen atoms in total. The molecular weight excluding hydrogens is 405 g/mol. The zero-order valence-electron chi connectivity index (χ0n) is 16.9. The van der Waals surface area contributed by atoms with E-state index in [2.05, 4.69) is 20.6 Å². The Labute approximate surface area is 183 Å². The highest BCUT2D eigenvalue weighted by atomic mass is 19.1. The number of benzene rings is 3. The van der Waals surface area contributed by atoms with Gasteiger partial charge in [-0.25, -0.2) is 14.4 Å². The fraction of sp³-hybridized carbons (Fsp3) is 0.0400. The number of hydrogen-bond acceptors (Lipinski definition) is 5. The lowest BCUT2D eigenvalue weighted by Gasteiger charge is -2.14. The first kappa shape index (κ1) is 19.6. The predicted molar refractivity (Wildman–Crippen MR) is 122 cm³/mol. The van der Waals surface area contributed by atoms with E-state index in [4.69, 9.17) is 4.99 Å². The minimum absolute atomic E-state index is 0.298. The summed E-state index contributed by atoms with van der Waals surface area (Å²) in [4.78, 5) is 26.4. The average Bonchev–Trinajstić information content (AvgIpc) is 2.97. The summed E-state index contributed by atoms with van der Waals surface area (Å²) >= 11 is 0. The first-order chi connectivity index (χ1) is 15.7. The second kappa shape index (κ2) is 8.39. The van der Waals surface area contributed by atoms with Crippen LogP contribution in [0.1, 0.15) is 11.1 Å². The lowest BCUT2D eigenvalue weighted by atomic mass is 10.0. The molecule has 32 heavy (non-hydrogen) atoms. The summed E-state index contributed by atoms with van der Waals surface area (Å²) < 4.78 is 13.2. The molecule has 0 saturated carbocycles. The molecule has 1 aliphatic rings. The molecule has 1 amide bonds. The molecule has 2 heterocycles. The van der Waals surface area contributed by atoms with Gasteiger partial charge in [0.05, 0.1) is 29.5 Å². The third-order valence-corrected chi connectivity index (χ3v) is 5.07. The maximum Gasteiger partial charge on any atom is 0.269 e. The summed E-state index contributed by atoms with van der Waals surface area (Å²) in [7, 11) is 0. The molecule has 0 radical (unpaired) electrons. The third kappa shape index (κ3) is 3.96. The van der Waals surface area contributed by atoms with Crippen molar-refractivity contribution in [2.75, 3.05) is 10.6 Å². The number of aliphatic imine (C=N–C) groups is 1. The maximum atomic E-state index is 13.2. The number of fused-ring (bicyclic) bond motifs is 1. The van der Waals surface area contributed by atoms with Gasteiger partial charge in [0, 0.05) is 16.7 Å². The number of aromatic nitrogens is 2. The van der Waals surface area contributed by atoms with Crippen LogP contribution in [0.5, 0.6) is 0 Å². The Morgan fingerprint density at radius 3 is 2.31 bits per heavy atom. The van der Waals surface area contributed by atoms with Gasteiger partial charge in [0.2, 0.25) is 6.17 Å². The van der Waals surface area contributed by atoms with Gasteiger partial charge in [0.15, 0.2) is 0 Å². The number of anilines is 2. The van der Waals surface area contributed by atoms with Crippen LogP contribution in [0.4, 0.5) is 15.9 Å². The number of nitrogens with zero attached hydrogens (tertiary/aromatic N) is 3. The van der Waals surface area contributed by atoms with Crippen molar-refractivity contribution in [3.63, 3.8) is 0 Å². The van der Waals surface area contributed by atoms with E-state index in [1.54, 1.807) is 18.3 Å². The highest BCUT2D eigenvalue weighted by Crippen LogP contribution is 2.25. The predicted octanol–water partition coefficient (Wildman–Crippen LogP) is 4.51. The Kier molecular flexibility index (Phi) is 5.13. The smallest absolute Gasteiger partial charge is 0.269 e. The lowest BCUT2D eigenvalue weighted by molar-refractivity contribution is -0.116. The lowest BCUT2D eigenvalue weighted by Crippen LogP contribution is -2.33. The van der Waals surface area contributed by atoms with Gasteiger partial charge in [-0.2, -0.15) is 0 Å². The molecule has 1 aromatic heterocycles.